The van der Waals surface area contributed by atoms with Gasteiger partial charge in [-0.3, -0.25) is 4.79 Å². The molecule has 19 heavy (non-hydrogen) atoms. The highest BCUT2D eigenvalue weighted by Crippen LogP contribution is 2.43. The lowest BCUT2D eigenvalue weighted by Crippen LogP contribution is -3.11. The van der Waals surface area contributed by atoms with Gasteiger partial charge in [0.25, 0.3) is 0 Å². The monoisotopic (exact) mass is 279 g/mol. The summed E-state index contributed by atoms with van der Waals surface area (Å²) in [4.78, 5) is 15.7. The van der Waals surface area contributed by atoms with E-state index >= 15 is 0 Å². The van der Waals surface area contributed by atoms with E-state index in [1.807, 2.05) is 4.90 Å². The number of fused-ring (bicyclic) bond motifs is 3. The molecule has 3 rings (SSSR count). The van der Waals surface area contributed by atoms with Crippen LogP contribution in [0.5, 0.6) is 0 Å². The summed E-state index contributed by atoms with van der Waals surface area (Å²) in [5.74, 6) is 0.578. The van der Waals surface area contributed by atoms with Crippen molar-refractivity contribution in [3.63, 3.8) is 0 Å². The minimum atomic E-state index is 0.0406. The smallest absolute Gasteiger partial charge is 0.242 e. The summed E-state index contributed by atoms with van der Waals surface area (Å²) in [6, 6.07) is 6.73. The predicted octanol–water partition coefficient (Wildman–Crippen LogP) is 0.951. The van der Waals surface area contributed by atoms with Crippen LogP contribution in [0.2, 0.25) is 0 Å². The summed E-state index contributed by atoms with van der Waals surface area (Å²) >= 11 is 5.79. The van der Waals surface area contributed by atoms with Crippen LogP contribution in [0.15, 0.2) is 18.2 Å². The number of quaternary nitrogens is 1. The van der Waals surface area contributed by atoms with Crippen LogP contribution in [-0.2, 0) is 4.79 Å². The Balaban J connectivity index is 2.06. The fourth-order valence-corrected chi connectivity index (χ4v) is 3.72. The molecule has 4 heteroatoms. The predicted molar refractivity (Wildman–Crippen MR) is 77.2 cm³/mol. The number of carbonyl (C=O) groups is 1. The topological polar surface area (TPSA) is 24.8 Å². The zero-order valence-electron chi connectivity index (χ0n) is 11.4. The number of piperidine rings is 1. The second-order valence-electron chi connectivity index (χ2n) is 5.83. The molecule has 0 bridgehead atoms. The molecular weight excluding hydrogens is 260 g/mol. The summed E-state index contributed by atoms with van der Waals surface area (Å²) in [5.41, 5.74) is 3.68. The highest BCUT2D eigenvalue weighted by molar-refractivity contribution is 6.29. The van der Waals surface area contributed by atoms with E-state index < -0.39 is 0 Å². The molecule has 0 spiro atoms. The maximum absolute atomic E-state index is 12.2. The summed E-state index contributed by atoms with van der Waals surface area (Å²) < 4.78 is 0. The second-order valence-corrected chi connectivity index (χ2v) is 6.10. The van der Waals surface area contributed by atoms with E-state index in [9.17, 15) is 4.79 Å². The van der Waals surface area contributed by atoms with Crippen LogP contribution in [0.3, 0.4) is 0 Å². The molecule has 3 nitrogen and oxygen atoms in total. The number of amides is 1. The molecule has 2 aliphatic heterocycles. The van der Waals surface area contributed by atoms with Crippen molar-refractivity contribution in [1.82, 2.24) is 0 Å². The molecule has 1 fully saturated rings. The van der Waals surface area contributed by atoms with E-state index in [0.29, 0.717) is 12.0 Å². The van der Waals surface area contributed by atoms with Gasteiger partial charge in [-0.05, 0) is 18.6 Å². The zero-order valence-corrected chi connectivity index (χ0v) is 12.2. The lowest BCUT2D eigenvalue weighted by Gasteiger charge is -2.34. The zero-order chi connectivity index (χ0) is 13.6. The third kappa shape index (κ3) is 2.05. The highest BCUT2D eigenvalue weighted by atomic mass is 35.5. The van der Waals surface area contributed by atoms with Crippen LogP contribution < -0.4 is 9.80 Å². The molecule has 102 valence electrons. The summed E-state index contributed by atoms with van der Waals surface area (Å²) in [5, 5.41) is 0. The van der Waals surface area contributed by atoms with Gasteiger partial charge in [-0.2, -0.15) is 0 Å². The lowest BCUT2D eigenvalue weighted by molar-refractivity contribution is -0.886. The number of aryl methyl sites for hydroxylation is 1. The van der Waals surface area contributed by atoms with Crippen LogP contribution in [0.25, 0.3) is 0 Å². The van der Waals surface area contributed by atoms with Crippen molar-refractivity contribution in [2.75, 3.05) is 30.9 Å². The van der Waals surface area contributed by atoms with E-state index in [4.69, 9.17) is 11.6 Å². The fourth-order valence-electron chi connectivity index (χ4n) is 3.59. The Kier molecular flexibility index (Phi) is 3.27. The normalized spacial score (nSPS) is 29.0. The second kappa shape index (κ2) is 4.80. The first-order valence-electron chi connectivity index (χ1n) is 6.91. The van der Waals surface area contributed by atoms with Gasteiger partial charge in [-0.15, -0.1) is 11.6 Å². The summed E-state index contributed by atoms with van der Waals surface area (Å²) in [7, 11) is 2.23. The molecule has 1 amide bonds. The minimum Gasteiger partial charge on any atom is -0.337 e. The summed E-state index contributed by atoms with van der Waals surface area (Å²) in [6.45, 7) is 4.34. The molecule has 1 N–H and O–H groups in total. The molecule has 2 aliphatic rings. The average Bonchev–Trinajstić information content (AvgIpc) is 2.71. The van der Waals surface area contributed by atoms with Crippen molar-refractivity contribution in [3.05, 3.63) is 29.3 Å². The van der Waals surface area contributed by atoms with Gasteiger partial charge in [0, 0.05) is 12.1 Å². The van der Waals surface area contributed by atoms with Crippen molar-refractivity contribution in [1.29, 1.82) is 0 Å². The van der Waals surface area contributed by atoms with E-state index in [1.54, 1.807) is 4.90 Å². The Morgan fingerprint density at radius 1 is 1.53 bits per heavy atom. The van der Waals surface area contributed by atoms with Crippen LogP contribution in [0.4, 0.5) is 5.69 Å². The maximum Gasteiger partial charge on any atom is 0.242 e. The number of hydrogen-bond acceptors (Lipinski definition) is 1. The van der Waals surface area contributed by atoms with Crippen LogP contribution in [0, 0.1) is 6.92 Å². The number of nitrogens with one attached hydrogen (secondary N) is 1. The van der Waals surface area contributed by atoms with E-state index in [2.05, 4.69) is 32.2 Å². The standard InChI is InChI=1S/C15H19ClN2O/c1-10-3-4-13-11(7-10)12-9-17(2)6-5-14(12)18(13)15(19)8-16/h3-4,7,12,14H,5-6,8-9H2,1-2H3/p+1/t12-,14+/m0/s1. The Morgan fingerprint density at radius 3 is 3.05 bits per heavy atom. The SMILES string of the molecule is Cc1ccc2c(c1)[C@@H]1C[NH+](C)CC[C@H]1N2C(=O)CCl. The van der Waals surface area contributed by atoms with Gasteiger partial charge in [0.05, 0.1) is 32.1 Å². The first kappa shape index (κ1) is 12.9. The van der Waals surface area contributed by atoms with Gasteiger partial charge in [0.2, 0.25) is 5.91 Å². The van der Waals surface area contributed by atoms with Crippen molar-refractivity contribution >= 4 is 23.2 Å². The third-order valence-corrected chi connectivity index (χ3v) is 4.69. The number of rotatable bonds is 1. The van der Waals surface area contributed by atoms with E-state index in [1.165, 1.54) is 11.1 Å². The van der Waals surface area contributed by atoms with E-state index in [-0.39, 0.29) is 11.8 Å². The van der Waals surface area contributed by atoms with Crippen molar-refractivity contribution < 1.29 is 9.69 Å². The average molecular weight is 280 g/mol. The van der Waals surface area contributed by atoms with Gasteiger partial charge in [-0.1, -0.05) is 17.7 Å². The number of benzene rings is 1. The lowest BCUT2D eigenvalue weighted by atomic mass is 9.89. The highest BCUT2D eigenvalue weighted by Gasteiger charge is 2.45. The fraction of sp³-hybridized carbons (Fsp3) is 0.533. The Morgan fingerprint density at radius 2 is 2.32 bits per heavy atom. The molecule has 0 aliphatic carbocycles. The number of likely N-dealkylation sites (N-methyl/N-ethyl adjacent to an activating group) is 1. The third-order valence-electron chi connectivity index (χ3n) is 4.46. The first-order valence-corrected chi connectivity index (χ1v) is 7.45. The van der Waals surface area contributed by atoms with Gasteiger partial charge in [-0.25, -0.2) is 0 Å². The van der Waals surface area contributed by atoms with Gasteiger partial charge in [0.1, 0.15) is 5.88 Å². The van der Waals surface area contributed by atoms with Gasteiger partial charge < -0.3 is 9.80 Å². The van der Waals surface area contributed by atoms with Crippen LogP contribution >= 0.6 is 11.6 Å². The Bertz CT molecular complexity index is 517. The first-order chi connectivity index (χ1) is 9.11. The molecule has 0 radical (unpaired) electrons. The molecule has 0 aromatic heterocycles. The Labute approximate surface area is 119 Å². The molecule has 3 atom stereocenters. The van der Waals surface area contributed by atoms with Gasteiger partial charge in [0.15, 0.2) is 0 Å². The number of nitrogens with zero attached hydrogens (tertiary/aromatic N) is 1. The molecule has 2 heterocycles. The van der Waals surface area contributed by atoms with Crippen molar-refractivity contribution in [2.45, 2.75) is 25.3 Å². The largest absolute Gasteiger partial charge is 0.337 e. The molecular formula is C15H20ClN2O+. The van der Waals surface area contributed by atoms with Gasteiger partial charge >= 0.3 is 0 Å². The molecule has 1 aromatic rings. The van der Waals surface area contributed by atoms with Crippen LogP contribution in [0.1, 0.15) is 23.5 Å². The molecule has 1 saturated heterocycles. The van der Waals surface area contributed by atoms with Crippen LogP contribution in [-0.4, -0.2) is 38.0 Å². The summed E-state index contributed by atoms with van der Waals surface area (Å²) in [6.07, 6.45) is 1.06. The van der Waals surface area contributed by atoms with Crippen molar-refractivity contribution in [3.8, 4) is 0 Å². The Hall–Kier alpha value is -1.06. The minimum absolute atomic E-state index is 0.0406. The number of hydrogen-bond donors (Lipinski definition) is 1. The number of halogens is 1. The number of carbonyl (C=O) groups excluding carboxylic acids is 1. The quantitative estimate of drug-likeness (QED) is 0.761. The molecule has 1 aromatic carbocycles. The molecule has 1 unspecified atom stereocenters. The number of alkyl halides is 1. The van der Waals surface area contributed by atoms with E-state index in [0.717, 1.165) is 25.2 Å². The van der Waals surface area contributed by atoms with Crippen molar-refractivity contribution in [2.24, 2.45) is 0 Å². The number of likely N-dealkylation sites (tertiary alicyclic amines) is 1. The number of anilines is 1. The maximum atomic E-state index is 12.2. The molecule has 0 saturated carbocycles.